The molecule has 2 saturated carbocycles. The average Bonchev–Trinajstić information content (AvgIpc) is 3.40. The van der Waals surface area contributed by atoms with E-state index in [4.69, 9.17) is 5.73 Å². The second kappa shape index (κ2) is 7.42. The number of carbonyl (C=O) groups excluding carboxylic acids is 2. The highest BCUT2D eigenvalue weighted by Crippen LogP contribution is 2.41. The van der Waals surface area contributed by atoms with Gasteiger partial charge in [-0.3, -0.25) is 9.59 Å². The topological polar surface area (TPSA) is 66.6 Å². The molecule has 2 heterocycles. The van der Waals surface area contributed by atoms with Crippen LogP contribution in [0, 0.1) is 23.7 Å². The third-order valence-corrected chi connectivity index (χ3v) is 8.07. The number of anilines is 1. The molecule has 5 rings (SSSR count). The lowest BCUT2D eigenvalue weighted by Crippen LogP contribution is -2.48. The van der Waals surface area contributed by atoms with Gasteiger partial charge in [0, 0.05) is 36.8 Å². The van der Waals surface area contributed by atoms with Gasteiger partial charge in [0.25, 0.3) is 0 Å². The molecule has 2 amide bonds. The maximum Gasteiger partial charge on any atom is 0.231 e. The number of nitrogens with zero attached hydrogens (tertiary/aromatic N) is 2. The summed E-state index contributed by atoms with van der Waals surface area (Å²) < 4.78 is 0. The second-order valence-electron chi connectivity index (χ2n) is 9.80. The zero-order chi connectivity index (χ0) is 20.1. The third kappa shape index (κ3) is 3.18. The molecule has 0 aromatic heterocycles. The van der Waals surface area contributed by atoms with Crippen LogP contribution in [0.15, 0.2) is 24.3 Å². The van der Waals surface area contributed by atoms with Gasteiger partial charge in [-0.15, -0.1) is 0 Å². The normalized spacial score (nSPS) is 36.2. The van der Waals surface area contributed by atoms with Crippen molar-refractivity contribution in [1.82, 2.24) is 4.90 Å². The first-order valence-corrected chi connectivity index (χ1v) is 11.5. The highest BCUT2D eigenvalue weighted by molar-refractivity contribution is 6.00. The molecule has 1 aromatic carbocycles. The largest absolute Gasteiger partial charge is 0.342 e. The van der Waals surface area contributed by atoms with Crippen molar-refractivity contribution in [3.8, 4) is 0 Å². The van der Waals surface area contributed by atoms with Crippen LogP contribution in [0.5, 0.6) is 0 Å². The van der Waals surface area contributed by atoms with Gasteiger partial charge in [0.1, 0.15) is 0 Å². The predicted octanol–water partition coefficient (Wildman–Crippen LogP) is 2.97. The maximum atomic E-state index is 13.7. The van der Waals surface area contributed by atoms with E-state index in [1.54, 1.807) is 0 Å². The molecule has 0 bridgehead atoms. The molecular formula is C24H33N3O2. The van der Waals surface area contributed by atoms with Crippen LogP contribution in [-0.4, -0.2) is 41.9 Å². The summed E-state index contributed by atoms with van der Waals surface area (Å²) in [6.45, 7) is 3.77. The quantitative estimate of drug-likeness (QED) is 0.837. The summed E-state index contributed by atoms with van der Waals surface area (Å²) in [5.41, 5.74) is 8.57. The number of fused-ring (bicyclic) bond motifs is 2. The van der Waals surface area contributed by atoms with Gasteiger partial charge < -0.3 is 15.5 Å². The molecule has 5 heteroatoms. The smallest absolute Gasteiger partial charge is 0.231 e. The van der Waals surface area contributed by atoms with E-state index in [2.05, 4.69) is 19.1 Å². The van der Waals surface area contributed by atoms with Crippen molar-refractivity contribution in [2.24, 2.45) is 29.4 Å². The van der Waals surface area contributed by atoms with E-state index in [9.17, 15) is 9.59 Å². The van der Waals surface area contributed by atoms with Crippen molar-refractivity contribution in [3.05, 3.63) is 29.8 Å². The van der Waals surface area contributed by atoms with Gasteiger partial charge in [-0.1, -0.05) is 31.0 Å². The molecule has 1 aromatic rings. The number of hydrogen-bond donors (Lipinski definition) is 1. The molecule has 0 spiro atoms. The summed E-state index contributed by atoms with van der Waals surface area (Å²) in [5, 5.41) is 0. The monoisotopic (exact) mass is 395 g/mol. The van der Waals surface area contributed by atoms with Crippen LogP contribution in [0.1, 0.15) is 51.0 Å². The van der Waals surface area contributed by atoms with Gasteiger partial charge in [-0.25, -0.2) is 0 Å². The van der Waals surface area contributed by atoms with Crippen molar-refractivity contribution in [2.75, 3.05) is 18.0 Å². The van der Waals surface area contributed by atoms with Crippen LogP contribution < -0.4 is 10.6 Å². The summed E-state index contributed by atoms with van der Waals surface area (Å²) >= 11 is 0. The van der Waals surface area contributed by atoms with E-state index >= 15 is 0 Å². The second-order valence-corrected chi connectivity index (χ2v) is 9.80. The van der Waals surface area contributed by atoms with E-state index in [0.29, 0.717) is 11.8 Å². The Hall–Kier alpha value is -1.88. The zero-order valence-corrected chi connectivity index (χ0v) is 17.4. The van der Waals surface area contributed by atoms with E-state index in [1.807, 2.05) is 21.9 Å². The summed E-state index contributed by atoms with van der Waals surface area (Å²) in [6, 6.07) is 8.63. The molecule has 2 aliphatic carbocycles. The molecular weight excluding hydrogens is 362 g/mol. The molecule has 6 atom stereocenters. The van der Waals surface area contributed by atoms with Crippen LogP contribution in [0.4, 0.5) is 5.69 Å². The van der Waals surface area contributed by atoms with Crippen molar-refractivity contribution >= 4 is 17.5 Å². The fourth-order valence-corrected chi connectivity index (χ4v) is 6.52. The number of carbonyl (C=O) groups is 2. The Labute approximate surface area is 173 Å². The van der Waals surface area contributed by atoms with Crippen LogP contribution in [-0.2, 0) is 16.0 Å². The molecule has 2 N–H and O–H groups in total. The van der Waals surface area contributed by atoms with Gasteiger partial charge in [0.2, 0.25) is 11.8 Å². The fraction of sp³-hybridized carbons (Fsp3) is 0.667. The molecule has 4 aliphatic rings. The number of benzene rings is 1. The van der Waals surface area contributed by atoms with Crippen LogP contribution >= 0.6 is 0 Å². The van der Waals surface area contributed by atoms with Gasteiger partial charge in [0.05, 0.1) is 5.92 Å². The summed E-state index contributed by atoms with van der Waals surface area (Å²) in [4.78, 5) is 31.2. The minimum absolute atomic E-state index is 0.161. The Morgan fingerprint density at radius 3 is 2.45 bits per heavy atom. The van der Waals surface area contributed by atoms with E-state index in [-0.39, 0.29) is 35.7 Å². The van der Waals surface area contributed by atoms with Crippen molar-refractivity contribution in [1.29, 1.82) is 0 Å². The standard InChI is InChI=1S/C24H33N3O2/c1-15-12-16-6-2-5-9-22(16)27(15)24(29)19-8-4-3-7-18(19)23(28)26-13-17-10-11-21(25)20(17)14-26/h2,5-6,9,15,17-21H,3-4,7-8,10-14,25H2,1H3. The van der Waals surface area contributed by atoms with Crippen molar-refractivity contribution < 1.29 is 9.59 Å². The highest BCUT2D eigenvalue weighted by Gasteiger charge is 2.47. The molecule has 2 aliphatic heterocycles. The fourth-order valence-electron chi connectivity index (χ4n) is 6.52. The number of para-hydroxylation sites is 1. The lowest BCUT2D eigenvalue weighted by atomic mass is 9.77. The SMILES string of the molecule is CC1Cc2ccccc2N1C(=O)C1CCCCC1C(=O)N1CC2CCC(N)C2C1. The van der Waals surface area contributed by atoms with Crippen LogP contribution in [0.2, 0.25) is 0 Å². The molecule has 6 unspecified atom stereocenters. The van der Waals surface area contributed by atoms with Crippen molar-refractivity contribution in [2.45, 2.75) is 64.0 Å². The Morgan fingerprint density at radius 1 is 0.966 bits per heavy atom. The van der Waals surface area contributed by atoms with Gasteiger partial charge in [0.15, 0.2) is 0 Å². The van der Waals surface area contributed by atoms with Gasteiger partial charge in [-0.05, 0) is 62.5 Å². The summed E-state index contributed by atoms with van der Waals surface area (Å²) in [6.07, 6.45) is 6.91. The summed E-state index contributed by atoms with van der Waals surface area (Å²) in [7, 11) is 0. The Kier molecular flexibility index (Phi) is 4.89. The lowest BCUT2D eigenvalue weighted by Gasteiger charge is -2.36. The Bertz CT molecular complexity index is 809. The summed E-state index contributed by atoms with van der Waals surface area (Å²) in [5.74, 6) is 1.06. The van der Waals surface area contributed by atoms with Crippen LogP contribution in [0.3, 0.4) is 0 Å². The Morgan fingerprint density at radius 2 is 1.69 bits per heavy atom. The number of hydrogen-bond acceptors (Lipinski definition) is 3. The van der Waals surface area contributed by atoms with Crippen LogP contribution in [0.25, 0.3) is 0 Å². The number of likely N-dealkylation sites (tertiary alicyclic amines) is 1. The van der Waals surface area contributed by atoms with Gasteiger partial charge in [-0.2, -0.15) is 0 Å². The van der Waals surface area contributed by atoms with E-state index in [0.717, 1.165) is 63.7 Å². The minimum atomic E-state index is -0.182. The predicted molar refractivity (Wildman–Crippen MR) is 113 cm³/mol. The van der Waals surface area contributed by atoms with E-state index in [1.165, 1.54) is 5.56 Å². The molecule has 0 radical (unpaired) electrons. The highest BCUT2D eigenvalue weighted by atomic mass is 16.2. The third-order valence-electron chi connectivity index (χ3n) is 8.07. The molecule has 156 valence electrons. The van der Waals surface area contributed by atoms with Crippen molar-refractivity contribution in [3.63, 3.8) is 0 Å². The van der Waals surface area contributed by atoms with Gasteiger partial charge >= 0.3 is 0 Å². The van der Waals surface area contributed by atoms with E-state index < -0.39 is 0 Å². The lowest BCUT2D eigenvalue weighted by molar-refractivity contribution is -0.142. The molecule has 3 fully saturated rings. The molecule has 29 heavy (non-hydrogen) atoms. The zero-order valence-electron chi connectivity index (χ0n) is 17.4. The first kappa shape index (κ1) is 19.1. The number of nitrogens with two attached hydrogens (primary N) is 1. The number of amides is 2. The first-order valence-electron chi connectivity index (χ1n) is 11.5. The Balaban J connectivity index is 1.35. The first-order chi connectivity index (χ1) is 14.0. The average molecular weight is 396 g/mol. The number of rotatable bonds is 2. The maximum absolute atomic E-state index is 13.7. The molecule has 5 nitrogen and oxygen atoms in total. The minimum Gasteiger partial charge on any atom is -0.342 e. The molecule has 1 saturated heterocycles.